The molecule has 1 aliphatic rings. The number of para-hydroxylation sites is 1. The van der Waals surface area contributed by atoms with Crippen LogP contribution in [0.15, 0.2) is 35.9 Å². The first-order valence-corrected chi connectivity index (χ1v) is 7.45. The van der Waals surface area contributed by atoms with Gasteiger partial charge in [-0.1, -0.05) is 35.4 Å². The number of rotatable bonds is 6. The van der Waals surface area contributed by atoms with Gasteiger partial charge in [-0.3, -0.25) is 4.79 Å². The summed E-state index contributed by atoms with van der Waals surface area (Å²) in [6.07, 6.45) is 8.16. The minimum atomic E-state index is -0.110. The molecule has 0 radical (unpaired) electrons. The Morgan fingerprint density at radius 3 is 2.90 bits per heavy atom. The molecule has 0 aromatic heterocycles. The number of ether oxygens (including phenoxy) is 1. The summed E-state index contributed by atoms with van der Waals surface area (Å²) in [4.78, 5) is 11.7. The molecule has 1 aromatic carbocycles. The molecule has 0 heterocycles. The van der Waals surface area contributed by atoms with Crippen LogP contribution in [0.4, 0.5) is 0 Å². The molecule has 2 rings (SSSR count). The lowest BCUT2D eigenvalue weighted by atomic mass is 9.97. The summed E-state index contributed by atoms with van der Waals surface area (Å²) in [5.74, 6) is 0.431. The smallest absolute Gasteiger partial charge is 0.257 e. The normalized spacial score (nSPS) is 14.6. The summed E-state index contributed by atoms with van der Waals surface area (Å²) in [5.41, 5.74) is 1.46. The van der Waals surface area contributed by atoms with E-state index in [2.05, 4.69) is 11.4 Å². The van der Waals surface area contributed by atoms with Gasteiger partial charge in [0.05, 0.1) is 5.02 Å². The van der Waals surface area contributed by atoms with Gasteiger partial charge in [-0.2, -0.15) is 0 Å². The average Bonchev–Trinajstić information content (AvgIpc) is 2.47. The van der Waals surface area contributed by atoms with Crippen LogP contribution < -0.4 is 10.1 Å². The second kappa shape index (κ2) is 7.95. The van der Waals surface area contributed by atoms with Crippen LogP contribution in [0.2, 0.25) is 5.02 Å². The van der Waals surface area contributed by atoms with Crippen molar-refractivity contribution in [1.29, 1.82) is 0 Å². The van der Waals surface area contributed by atoms with Gasteiger partial charge in [0.25, 0.3) is 5.91 Å². The number of benzene rings is 1. The fourth-order valence-electron chi connectivity index (χ4n) is 2.25. The van der Waals surface area contributed by atoms with Gasteiger partial charge in [-0.05, 0) is 44.2 Å². The van der Waals surface area contributed by atoms with Crippen molar-refractivity contribution in [1.82, 2.24) is 5.32 Å². The number of hydrogen-bond donors (Lipinski definition) is 1. The maximum Gasteiger partial charge on any atom is 0.257 e. The van der Waals surface area contributed by atoms with Crippen LogP contribution in [0.3, 0.4) is 0 Å². The molecule has 0 atom stereocenters. The standard InChI is InChI=1S/C16H20ClNO2/c17-14-8-4-5-9-15(14)20-12-16(19)18-11-10-13-6-2-1-3-7-13/h4-6,8-9H,1-3,7,10-12H2,(H,18,19). The zero-order valence-electron chi connectivity index (χ0n) is 11.5. The Kier molecular flexibility index (Phi) is 5.93. The molecule has 0 saturated carbocycles. The van der Waals surface area contributed by atoms with Crippen LogP contribution in [0.5, 0.6) is 5.75 Å². The highest BCUT2D eigenvalue weighted by molar-refractivity contribution is 6.32. The van der Waals surface area contributed by atoms with E-state index in [1.165, 1.54) is 31.3 Å². The van der Waals surface area contributed by atoms with Gasteiger partial charge < -0.3 is 10.1 Å². The summed E-state index contributed by atoms with van der Waals surface area (Å²) in [5, 5.41) is 3.39. The lowest BCUT2D eigenvalue weighted by Crippen LogP contribution is -2.30. The van der Waals surface area contributed by atoms with Crippen molar-refractivity contribution in [2.24, 2.45) is 0 Å². The van der Waals surface area contributed by atoms with E-state index in [1.54, 1.807) is 12.1 Å². The van der Waals surface area contributed by atoms with E-state index in [-0.39, 0.29) is 12.5 Å². The number of carbonyl (C=O) groups is 1. The van der Waals surface area contributed by atoms with E-state index in [4.69, 9.17) is 16.3 Å². The predicted molar refractivity (Wildman–Crippen MR) is 81.1 cm³/mol. The maximum absolute atomic E-state index is 11.7. The van der Waals surface area contributed by atoms with Crippen molar-refractivity contribution in [3.8, 4) is 5.75 Å². The van der Waals surface area contributed by atoms with Crippen molar-refractivity contribution in [2.45, 2.75) is 32.1 Å². The van der Waals surface area contributed by atoms with Gasteiger partial charge in [0, 0.05) is 6.54 Å². The van der Waals surface area contributed by atoms with Gasteiger partial charge in [0.15, 0.2) is 6.61 Å². The van der Waals surface area contributed by atoms with Crippen molar-refractivity contribution in [3.63, 3.8) is 0 Å². The number of hydrogen-bond acceptors (Lipinski definition) is 2. The Labute approximate surface area is 125 Å². The average molecular weight is 294 g/mol. The summed E-state index contributed by atoms with van der Waals surface area (Å²) in [7, 11) is 0. The Bertz CT molecular complexity index is 485. The zero-order valence-corrected chi connectivity index (χ0v) is 12.3. The molecule has 1 amide bonds. The lowest BCUT2D eigenvalue weighted by Gasteiger charge is -2.13. The second-order valence-electron chi connectivity index (χ2n) is 4.93. The van der Waals surface area contributed by atoms with Gasteiger partial charge in [-0.15, -0.1) is 0 Å². The lowest BCUT2D eigenvalue weighted by molar-refractivity contribution is -0.123. The third-order valence-electron chi connectivity index (χ3n) is 3.35. The van der Waals surface area contributed by atoms with Crippen LogP contribution in [0, 0.1) is 0 Å². The molecule has 0 spiro atoms. The largest absolute Gasteiger partial charge is 0.482 e. The Balaban J connectivity index is 1.65. The molecular weight excluding hydrogens is 274 g/mol. The minimum absolute atomic E-state index is 0.00276. The van der Waals surface area contributed by atoms with Gasteiger partial charge in [0.1, 0.15) is 5.75 Å². The minimum Gasteiger partial charge on any atom is -0.482 e. The first-order valence-electron chi connectivity index (χ1n) is 7.07. The number of nitrogens with one attached hydrogen (secondary N) is 1. The summed E-state index contributed by atoms with van der Waals surface area (Å²) in [6.45, 7) is 0.680. The van der Waals surface area contributed by atoms with E-state index in [0.29, 0.717) is 17.3 Å². The Hall–Kier alpha value is -1.48. The highest BCUT2D eigenvalue weighted by Crippen LogP contribution is 2.22. The summed E-state index contributed by atoms with van der Waals surface area (Å²) >= 11 is 5.95. The van der Waals surface area contributed by atoms with Gasteiger partial charge in [-0.25, -0.2) is 0 Å². The third kappa shape index (κ3) is 4.89. The Morgan fingerprint density at radius 2 is 2.15 bits per heavy atom. The Morgan fingerprint density at radius 1 is 1.30 bits per heavy atom. The fourth-order valence-corrected chi connectivity index (χ4v) is 2.44. The topological polar surface area (TPSA) is 38.3 Å². The van der Waals surface area contributed by atoms with E-state index in [9.17, 15) is 4.79 Å². The molecule has 1 aliphatic carbocycles. The van der Waals surface area contributed by atoms with Crippen LogP contribution in [0.25, 0.3) is 0 Å². The third-order valence-corrected chi connectivity index (χ3v) is 3.66. The van der Waals surface area contributed by atoms with Crippen molar-refractivity contribution in [2.75, 3.05) is 13.2 Å². The molecule has 0 unspecified atom stereocenters. The van der Waals surface area contributed by atoms with E-state index in [0.717, 1.165) is 6.42 Å². The molecule has 0 saturated heterocycles. The van der Waals surface area contributed by atoms with Crippen molar-refractivity contribution in [3.05, 3.63) is 40.9 Å². The van der Waals surface area contributed by atoms with Crippen LogP contribution >= 0.6 is 11.6 Å². The molecule has 3 nitrogen and oxygen atoms in total. The first-order chi connectivity index (χ1) is 9.75. The first kappa shape index (κ1) is 14.9. The highest BCUT2D eigenvalue weighted by Gasteiger charge is 2.07. The molecule has 0 fully saturated rings. The summed E-state index contributed by atoms with van der Waals surface area (Å²) < 4.78 is 5.38. The quantitative estimate of drug-likeness (QED) is 0.812. The van der Waals surface area contributed by atoms with Gasteiger partial charge >= 0.3 is 0 Å². The van der Waals surface area contributed by atoms with Crippen LogP contribution in [0.1, 0.15) is 32.1 Å². The van der Waals surface area contributed by atoms with E-state index >= 15 is 0 Å². The van der Waals surface area contributed by atoms with Crippen molar-refractivity contribution >= 4 is 17.5 Å². The van der Waals surface area contributed by atoms with E-state index < -0.39 is 0 Å². The van der Waals surface area contributed by atoms with Crippen molar-refractivity contribution < 1.29 is 9.53 Å². The molecule has 108 valence electrons. The van der Waals surface area contributed by atoms with E-state index in [1.807, 2.05) is 12.1 Å². The number of amides is 1. The van der Waals surface area contributed by atoms with Crippen LogP contribution in [-0.4, -0.2) is 19.1 Å². The second-order valence-corrected chi connectivity index (χ2v) is 5.33. The monoisotopic (exact) mass is 293 g/mol. The molecule has 0 bridgehead atoms. The zero-order chi connectivity index (χ0) is 14.2. The van der Waals surface area contributed by atoms with Gasteiger partial charge in [0.2, 0.25) is 0 Å². The van der Waals surface area contributed by atoms with Crippen LogP contribution in [-0.2, 0) is 4.79 Å². The summed E-state index contributed by atoms with van der Waals surface area (Å²) in [6, 6.07) is 7.15. The molecule has 1 aromatic rings. The highest BCUT2D eigenvalue weighted by atomic mass is 35.5. The molecule has 4 heteroatoms. The SMILES string of the molecule is O=C(COc1ccccc1Cl)NCCC1=CCCCC1. The molecular formula is C16H20ClNO2. The molecule has 1 N–H and O–H groups in total. The maximum atomic E-state index is 11.7. The number of carbonyl (C=O) groups excluding carboxylic acids is 1. The molecule has 0 aliphatic heterocycles. The predicted octanol–water partition coefficient (Wildman–Crippen LogP) is 3.73. The number of halogens is 1. The fraction of sp³-hybridized carbons (Fsp3) is 0.438. The molecule has 20 heavy (non-hydrogen) atoms. The number of allylic oxidation sites excluding steroid dienone is 1.